The van der Waals surface area contributed by atoms with Gasteiger partial charge in [0.1, 0.15) is 12.6 Å². The van der Waals surface area contributed by atoms with Crippen LogP contribution in [0.1, 0.15) is 25.3 Å². The molecule has 24 heavy (non-hydrogen) atoms. The summed E-state index contributed by atoms with van der Waals surface area (Å²) in [5.74, 6) is -1.74. The zero-order valence-corrected chi connectivity index (χ0v) is 13.4. The third kappa shape index (κ3) is 7.59. The molecule has 8 nitrogen and oxygen atoms in total. The van der Waals surface area contributed by atoms with E-state index in [0.29, 0.717) is 0 Å². The highest BCUT2D eigenvalue weighted by atomic mass is 16.5. The largest absolute Gasteiger partial charge is 0.480 e. The molecule has 0 aliphatic heterocycles. The van der Waals surface area contributed by atoms with Gasteiger partial charge in [0.15, 0.2) is 0 Å². The lowest BCUT2D eigenvalue weighted by Gasteiger charge is -2.15. The molecule has 0 aliphatic carbocycles. The summed E-state index contributed by atoms with van der Waals surface area (Å²) >= 11 is 0. The van der Waals surface area contributed by atoms with Crippen LogP contribution in [0.5, 0.6) is 0 Å². The van der Waals surface area contributed by atoms with E-state index in [0.717, 1.165) is 5.56 Å². The van der Waals surface area contributed by atoms with Crippen LogP contribution in [0.4, 0.5) is 4.79 Å². The van der Waals surface area contributed by atoms with Gasteiger partial charge >= 0.3 is 12.1 Å². The molecule has 0 radical (unpaired) electrons. The Kier molecular flexibility index (Phi) is 8.28. The Bertz CT molecular complexity index is 549. The average Bonchev–Trinajstić information content (AvgIpc) is 2.56. The van der Waals surface area contributed by atoms with E-state index >= 15 is 0 Å². The number of carboxylic acid groups (broad SMARTS) is 1. The molecule has 1 aromatic carbocycles. The van der Waals surface area contributed by atoms with Gasteiger partial charge in [-0.1, -0.05) is 37.3 Å². The molecule has 0 aromatic heterocycles. The standard InChI is InChI=1S/C16H22N2O6/c1-2-13(15(21)22)18-14(20)8-12(19)9-17-16(23)24-10-11-6-4-3-5-7-11/h3-7,12-13,19H,2,8-10H2,1H3,(H,17,23)(H,18,20)(H,21,22)/t12-,13-/m1/s1. The molecule has 0 aliphatic rings. The molecule has 2 amide bonds. The number of aliphatic hydroxyl groups is 1. The number of aliphatic carboxylic acids is 1. The van der Waals surface area contributed by atoms with E-state index in [9.17, 15) is 19.5 Å². The lowest BCUT2D eigenvalue weighted by Crippen LogP contribution is -2.43. The van der Waals surface area contributed by atoms with Crippen molar-refractivity contribution in [2.45, 2.75) is 38.5 Å². The first-order valence-electron chi connectivity index (χ1n) is 7.57. The second kappa shape index (κ2) is 10.2. The quantitative estimate of drug-likeness (QED) is 0.524. The van der Waals surface area contributed by atoms with Crippen LogP contribution in [-0.4, -0.2) is 46.9 Å². The van der Waals surface area contributed by atoms with Gasteiger partial charge in [-0.15, -0.1) is 0 Å². The Morgan fingerprint density at radius 2 is 1.88 bits per heavy atom. The first kappa shape index (κ1) is 19.4. The van der Waals surface area contributed by atoms with Crippen LogP contribution < -0.4 is 10.6 Å². The molecule has 1 rings (SSSR count). The van der Waals surface area contributed by atoms with E-state index in [1.165, 1.54) is 0 Å². The van der Waals surface area contributed by atoms with Crippen molar-refractivity contribution in [3.05, 3.63) is 35.9 Å². The van der Waals surface area contributed by atoms with Crippen LogP contribution in [0.25, 0.3) is 0 Å². The minimum absolute atomic E-state index is 0.0973. The fraction of sp³-hybridized carbons (Fsp3) is 0.438. The molecule has 0 bridgehead atoms. The van der Waals surface area contributed by atoms with Gasteiger partial charge in [0.25, 0.3) is 0 Å². The van der Waals surface area contributed by atoms with Gasteiger partial charge in [-0.25, -0.2) is 9.59 Å². The third-order valence-corrected chi connectivity index (χ3v) is 3.16. The molecule has 0 saturated carbocycles. The predicted molar refractivity (Wildman–Crippen MR) is 85.1 cm³/mol. The number of carboxylic acids is 1. The summed E-state index contributed by atoms with van der Waals surface area (Å²) in [7, 11) is 0. The van der Waals surface area contributed by atoms with E-state index in [4.69, 9.17) is 9.84 Å². The third-order valence-electron chi connectivity index (χ3n) is 3.16. The summed E-state index contributed by atoms with van der Waals surface area (Å²) in [5, 5.41) is 23.2. The molecule has 0 fully saturated rings. The Balaban J connectivity index is 2.24. The van der Waals surface area contributed by atoms with Gasteiger partial charge in [-0.3, -0.25) is 4.79 Å². The molecular formula is C16H22N2O6. The number of aliphatic hydroxyl groups excluding tert-OH is 1. The fourth-order valence-corrected chi connectivity index (χ4v) is 1.85. The van der Waals surface area contributed by atoms with Crippen molar-refractivity contribution in [2.75, 3.05) is 6.54 Å². The van der Waals surface area contributed by atoms with Crippen molar-refractivity contribution >= 4 is 18.0 Å². The first-order chi connectivity index (χ1) is 11.4. The topological polar surface area (TPSA) is 125 Å². The van der Waals surface area contributed by atoms with E-state index < -0.39 is 30.1 Å². The SMILES string of the molecule is CC[C@@H](NC(=O)C[C@@H](O)CNC(=O)OCc1ccccc1)C(=O)O. The Morgan fingerprint density at radius 1 is 1.21 bits per heavy atom. The second-order valence-electron chi connectivity index (χ2n) is 5.17. The lowest BCUT2D eigenvalue weighted by molar-refractivity contribution is -0.142. The van der Waals surface area contributed by atoms with E-state index in [2.05, 4.69) is 10.6 Å². The van der Waals surface area contributed by atoms with Crippen molar-refractivity contribution in [1.82, 2.24) is 10.6 Å². The number of nitrogens with one attached hydrogen (secondary N) is 2. The van der Waals surface area contributed by atoms with Gasteiger partial charge in [-0.2, -0.15) is 0 Å². The zero-order chi connectivity index (χ0) is 17.9. The number of ether oxygens (including phenoxy) is 1. The van der Waals surface area contributed by atoms with Gasteiger partial charge in [0, 0.05) is 6.54 Å². The van der Waals surface area contributed by atoms with E-state index in [1.807, 2.05) is 18.2 Å². The van der Waals surface area contributed by atoms with Crippen molar-refractivity contribution in [3.63, 3.8) is 0 Å². The number of hydrogen-bond donors (Lipinski definition) is 4. The molecule has 1 aromatic rings. The molecular weight excluding hydrogens is 316 g/mol. The number of benzene rings is 1. The summed E-state index contributed by atoms with van der Waals surface area (Å²) in [6, 6.07) is 8.10. The molecule has 0 heterocycles. The Labute approximate surface area is 139 Å². The van der Waals surface area contributed by atoms with Crippen molar-refractivity contribution in [3.8, 4) is 0 Å². The number of rotatable bonds is 9. The zero-order valence-electron chi connectivity index (χ0n) is 13.4. The average molecular weight is 338 g/mol. The van der Waals surface area contributed by atoms with Gasteiger partial charge in [0.2, 0.25) is 5.91 Å². The number of carbonyl (C=O) groups excluding carboxylic acids is 2. The monoisotopic (exact) mass is 338 g/mol. The Hall–Kier alpha value is -2.61. The minimum atomic E-state index is -1.14. The molecule has 2 atom stereocenters. The van der Waals surface area contributed by atoms with Crippen LogP contribution in [0.2, 0.25) is 0 Å². The highest BCUT2D eigenvalue weighted by Gasteiger charge is 2.19. The number of alkyl carbamates (subject to hydrolysis) is 1. The lowest BCUT2D eigenvalue weighted by atomic mass is 10.2. The van der Waals surface area contributed by atoms with Crippen LogP contribution in [0.3, 0.4) is 0 Å². The fourth-order valence-electron chi connectivity index (χ4n) is 1.85. The number of hydrogen-bond acceptors (Lipinski definition) is 5. The maximum atomic E-state index is 11.6. The van der Waals surface area contributed by atoms with Crippen LogP contribution >= 0.6 is 0 Å². The molecule has 0 saturated heterocycles. The normalized spacial score (nSPS) is 12.8. The molecule has 132 valence electrons. The van der Waals surface area contributed by atoms with Gasteiger partial charge < -0.3 is 25.6 Å². The first-order valence-corrected chi connectivity index (χ1v) is 7.57. The molecule has 4 N–H and O–H groups in total. The summed E-state index contributed by atoms with van der Waals surface area (Å²) in [6.07, 6.45) is -1.93. The summed E-state index contributed by atoms with van der Waals surface area (Å²) in [5.41, 5.74) is 0.826. The van der Waals surface area contributed by atoms with Crippen molar-refractivity contribution in [2.24, 2.45) is 0 Å². The summed E-state index contributed by atoms with van der Waals surface area (Å²) in [4.78, 5) is 33.9. The number of amides is 2. The van der Waals surface area contributed by atoms with Crippen LogP contribution in [0, 0.1) is 0 Å². The molecule has 8 heteroatoms. The van der Waals surface area contributed by atoms with E-state index in [1.54, 1.807) is 19.1 Å². The highest BCUT2D eigenvalue weighted by Crippen LogP contribution is 2.01. The number of carbonyl (C=O) groups is 3. The van der Waals surface area contributed by atoms with Crippen molar-refractivity contribution < 1.29 is 29.3 Å². The van der Waals surface area contributed by atoms with Crippen molar-refractivity contribution in [1.29, 1.82) is 0 Å². The minimum Gasteiger partial charge on any atom is -0.480 e. The van der Waals surface area contributed by atoms with E-state index in [-0.39, 0.29) is 26.0 Å². The maximum absolute atomic E-state index is 11.6. The van der Waals surface area contributed by atoms with Gasteiger partial charge in [0.05, 0.1) is 12.5 Å². The van der Waals surface area contributed by atoms with Gasteiger partial charge in [-0.05, 0) is 12.0 Å². The summed E-state index contributed by atoms with van der Waals surface area (Å²) in [6.45, 7) is 1.55. The molecule has 0 spiro atoms. The predicted octanol–water partition coefficient (Wildman–Crippen LogP) is 0.643. The van der Waals surface area contributed by atoms with Crippen LogP contribution in [0.15, 0.2) is 30.3 Å². The Morgan fingerprint density at radius 3 is 2.46 bits per heavy atom. The highest BCUT2D eigenvalue weighted by molar-refractivity contribution is 5.83. The van der Waals surface area contributed by atoms with Crippen LogP contribution in [-0.2, 0) is 20.9 Å². The summed E-state index contributed by atoms with van der Waals surface area (Å²) < 4.78 is 4.96. The maximum Gasteiger partial charge on any atom is 0.407 e. The molecule has 0 unspecified atom stereocenters. The second-order valence-corrected chi connectivity index (χ2v) is 5.17. The smallest absolute Gasteiger partial charge is 0.407 e.